The van der Waals surface area contributed by atoms with E-state index in [9.17, 15) is 9.59 Å². The molecule has 0 fully saturated rings. The Morgan fingerprint density at radius 3 is 2.78 bits per heavy atom. The van der Waals surface area contributed by atoms with Gasteiger partial charge in [0.2, 0.25) is 11.8 Å². The van der Waals surface area contributed by atoms with E-state index in [-0.39, 0.29) is 12.5 Å². The first-order chi connectivity index (χ1) is 8.52. The van der Waals surface area contributed by atoms with Crippen LogP contribution >= 0.6 is 11.6 Å². The first-order valence-corrected chi connectivity index (χ1v) is 5.59. The van der Waals surface area contributed by atoms with E-state index >= 15 is 0 Å². The number of amides is 2. The minimum atomic E-state index is -0.787. The molecular weight excluding hydrogens is 254 g/mol. The average Bonchev–Trinajstić information content (AvgIpc) is 2.33. The summed E-state index contributed by atoms with van der Waals surface area (Å²) < 4.78 is 0. The maximum atomic E-state index is 11.5. The first kappa shape index (κ1) is 14.0. The van der Waals surface area contributed by atoms with Gasteiger partial charge in [-0.2, -0.15) is 5.26 Å². The van der Waals surface area contributed by atoms with Gasteiger partial charge < -0.3 is 10.6 Å². The Morgan fingerprint density at radius 1 is 1.50 bits per heavy atom. The summed E-state index contributed by atoms with van der Waals surface area (Å²) in [7, 11) is 0. The van der Waals surface area contributed by atoms with Gasteiger partial charge in [-0.05, 0) is 17.7 Å². The number of halogens is 1. The van der Waals surface area contributed by atoms with Crippen LogP contribution in [0.1, 0.15) is 18.5 Å². The van der Waals surface area contributed by atoms with Gasteiger partial charge in [0.1, 0.15) is 6.04 Å². The molecular formula is C12H12ClN3O2. The molecule has 0 aliphatic rings. The molecule has 0 saturated carbocycles. The van der Waals surface area contributed by atoms with Crippen molar-refractivity contribution < 1.29 is 9.59 Å². The summed E-state index contributed by atoms with van der Waals surface area (Å²) in [5.41, 5.74) is 0.598. The van der Waals surface area contributed by atoms with Crippen molar-refractivity contribution in [2.45, 2.75) is 13.0 Å². The summed E-state index contributed by atoms with van der Waals surface area (Å²) in [6.07, 6.45) is 0. The van der Waals surface area contributed by atoms with Gasteiger partial charge in [0.25, 0.3) is 0 Å². The number of hydrogen-bond acceptors (Lipinski definition) is 3. The van der Waals surface area contributed by atoms with Gasteiger partial charge in [-0.3, -0.25) is 9.59 Å². The molecule has 1 unspecified atom stereocenters. The Hall–Kier alpha value is -2.06. The van der Waals surface area contributed by atoms with Crippen molar-refractivity contribution in [2.24, 2.45) is 0 Å². The Morgan fingerprint density at radius 2 is 2.22 bits per heavy atom. The maximum absolute atomic E-state index is 11.5. The molecule has 0 saturated heterocycles. The SMILES string of the molecule is CC(=O)NCC(=O)NC(C#N)c1cccc(Cl)c1. The van der Waals surface area contributed by atoms with Crippen LogP contribution < -0.4 is 10.6 Å². The quantitative estimate of drug-likeness (QED) is 0.857. The van der Waals surface area contributed by atoms with E-state index in [0.29, 0.717) is 10.6 Å². The van der Waals surface area contributed by atoms with E-state index in [1.54, 1.807) is 24.3 Å². The molecule has 0 aromatic heterocycles. The van der Waals surface area contributed by atoms with Crippen molar-refractivity contribution >= 4 is 23.4 Å². The number of nitriles is 1. The molecule has 0 aliphatic carbocycles. The third-order valence-electron chi connectivity index (χ3n) is 2.11. The third kappa shape index (κ3) is 4.44. The minimum Gasteiger partial charge on any atom is -0.347 e. The monoisotopic (exact) mass is 265 g/mol. The highest BCUT2D eigenvalue weighted by Crippen LogP contribution is 2.17. The van der Waals surface area contributed by atoms with Gasteiger partial charge in [-0.25, -0.2) is 0 Å². The Kier molecular flexibility index (Phi) is 5.15. The molecule has 0 bridgehead atoms. The van der Waals surface area contributed by atoms with E-state index in [4.69, 9.17) is 16.9 Å². The van der Waals surface area contributed by atoms with Crippen LogP contribution in [0.25, 0.3) is 0 Å². The van der Waals surface area contributed by atoms with Gasteiger partial charge >= 0.3 is 0 Å². The smallest absolute Gasteiger partial charge is 0.240 e. The van der Waals surface area contributed by atoms with Crippen LogP contribution in [-0.2, 0) is 9.59 Å². The Labute approximate surface area is 110 Å². The van der Waals surface area contributed by atoms with Crippen LogP contribution in [0.3, 0.4) is 0 Å². The van der Waals surface area contributed by atoms with Crippen molar-refractivity contribution in [3.63, 3.8) is 0 Å². The topological polar surface area (TPSA) is 82.0 Å². The van der Waals surface area contributed by atoms with Crippen molar-refractivity contribution in [2.75, 3.05) is 6.54 Å². The van der Waals surface area contributed by atoms with Gasteiger partial charge in [-0.15, -0.1) is 0 Å². The highest BCUT2D eigenvalue weighted by molar-refractivity contribution is 6.30. The summed E-state index contributed by atoms with van der Waals surface area (Å²) in [5, 5.41) is 14.3. The van der Waals surface area contributed by atoms with E-state index in [2.05, 4.69) is 10.6 Å². The van der Waals surface area contributed by atoms with Crippen molar-refractivity contribution in [1.82, 2.24) is 10.6 Å². The second-order valence-electron chi connectivity index (χ2n) is 3.59. The van der Waals surface area contributed by atoms with Gasteiger partial charge in [0.15, 0.2) is 0 Å². The van der Waals surface area contributed by atoms with Gasteiger partial charge in [0, 0.05) is 11.9 Å². The van der Waals surface area contributed by atoms with Crippen LogP contribution in [0.5, 0.6) is 0 Å². The number of rotatable bonds is 4. The van der Waals surface area contributed by atoms with Crippen LogP contribution in [0.2, 0.25) is 5.02 Å². The van der Waals surface area contributed by atoms with Gasteiger partial charge in [0.05, 0.1) is 12.6 Å². The molecule has 18 heavy (non-hydrogen) atoms. The summed E-state index contributed by atoms with van der Waals surface area (Å²) >= 11 is 5.81. The third-order valence-corrected chi connectivity index (χ3v) is 2.35. The lowest BCUT2D eigenvalue weighted by atomic mass is 10.1. The van der Waals surface area contributed by atoms with Crippen LogP contribution in [0.15, 0.2) is 24.3 Å². The number of nitrogens with zero attached hydrogens (tertiary/aromatic N) is 1. The first-order valence-electron chi connectivity index (χ1n) is 5.22. The number of hydrogen-bond donors (Lipinski definition) is 2. The fourth-order valence-corrected chi connectivity index (χ4v) is 1.49. The summed E-state index contributed by atoms with van der Waals surface area (Å²) in [6.45, 7) is 1.15. The van der Waals surface area contributed by atoms with E-state index in [0.717, 1.165) is 0 Å². The molecule has 1 aromatic carbocycles. The lowest BCUT2D eigenvalue weighted by Gasteiger charge is -2.12. The lowest BCUT2D eigenvalue weighted by molar-refractivity contribution is -0.125. The largest absolute Gasteiger partial charge is 0.347 e. The lowest BCUT2D eigenvalue weighted by Crippen LogP contribution is -2.37. The highest BCUT2D eigenvalue weighted by Gasteiger charge is 2.13. The Bertz CT molecular complexity index is 496. The molecule has 5 nitrogen and oxygen atoms in total. The summed E-state index contributed by atoms with van der Waals surface area (Å²) in [6, 6.07) is 7.85. The number of carbonyl (C=O) groups excluding carboxylic acids is 2. The number of carbonyl (C=O) groups is 2. The second kappa shape index (κ2) is 6.62. The highest BCUT2D eigenvalue weighted by atomic mass is 35.5. The predicted octanol–water partition coefficient (Wildman–Crippen LogP) is 1.16. The van der Waals surface area contributed by atoms with E-state index in [1.807, 2.05) is 6.07 Å². The molecule has 94 valence electrons. The normalized spacial score (nSPS) is 11.2. The zero-order valence-corrected chi connectivity index (χ0v) is 10.5. The van der Waals surface area contributed by atoms with E-state index in [1.165, 1.54) is 6.92 Å². The fourth-order valence-electron chi connectivity index (χ4n) is 1.29. The van der Waals surface area contributed by atoms with Crippen molar-refractivity contribution in [1.29, 1.82) is 5.26 Å². The standard InChI is InChI=1S/C12H12ClN3O2/c1-8(17)15-7-12(18)16-11(6-14)9-3-2-4-10(13)5-9/h2-5,11H,7H2,1H3,(H,15,17)(H,16,18). The van der Waals surface area contributed by atoms with Crippen molar-refractivity contribution in [3.05, 3.63) is 34.9 Å². The molecule has 6 heteroatoms. The summed E-state index contributed by atoms with van der Waals surface area (Å²) in [5.74, 6) is -0.738. The molecule has 1 atom stereocenters. The number of nitrogens with one attached hydrogen (secondary N) is 2. The minimum absolute atomic E-state index is 0.159. The van der Waals surface area contributed by atoms with Crippen LogP contribution in [0, 0.1) is 11.3 Å². The Balaban J connectivity index is 2.66. The zero-order chi connectivity index (χ0) is 13.5. The average molecular weight is 266 g/mol. The molecule has 0 spiro atoms. The summed E-state index contributed by atoms with van der Waals surface area (Å²) in [4.78, 5) is 22.1. The molecule has 2 N–H and O–H groups in total. The maximum Gasteiger partial charge on any atom is 0.240 e. The molecule has 2 amide bonds. The molecule has 0 heterocycles. The van der Waals surface area contributed by atoms with Gasteiger partial charge in [-0.1, -0.05) is 23.7 Å². The van der Waals surface area contributed by atoms with E-state index < -0.39 is 11.9 Å². The van der Waals surface area contributed by atoms with Crippen LogP contribution in [0.4, 0.5) is 0 Å². The molecule has 1 rings (SSSR count). The second-order valence-corrected chi connectivity index (χ2v) is 4.03. The van der Waals surface area contributed by atoms with Crippen LogP contribution in [-0.4, -0.2) is 18.4 Å². The predicted molar refractivity (Wildman–Crippen MR) is 66.6 cm³/mol. The number of benzene rings is 1. The molecule has 1 aromatic rings. The zero-order valence-electron chi connectivity index (χ0n) is 9.74. The molecule has 0 radical (unpaired) electrons. The molecule has 0 aliphatic heterocycles. The fraction of sp³-hybridized carbons (Fsp3) is 0.250. The van der Waals surface area contributed by atoms with Crippen molar-refractivity contribution in [3.8, 4) is 6.07 Å².